The average molecular weight is 389 g/mol. The highest BCUT2D eigenvalue weighted by Crippen LogP contribution is 2.27. The maximum atomic E-state index is 12.7. The zero-order chi connectivity index (χ0) is 19.4. The molecule has 1 fully saturated rings. The van der Waals surface area contributed by atoms with Crippen LogP contribution in [-0.2, 0) is 4.79 Å². The van der Waals surface area contributed by atoms with E-state index in [0.29, 0.717) is 29.5 Å². The molecule has 1 aromatic carbocycles. The van der Waals surface area contributed by atoms with Crippen LogP contribution in [0.2, 0.25) is 0 Å². The molecule has 144 valence electrons. The number of likely N-dealkylation sites (tertiary alicyclic amines) is 1. The summed E-state index contributed by atoms with van der Waals surface area (Å²) in [5, 5.41) is 15.0. The zero-order valence-electron chi connectivity index (χ0n) is 15.6. The Balaban J connectivity index is 1.66. The molecule has 1 aromatic heterocycles. The van der Waals surface area contributed by atoms with Crippen LogP contribution in [-0.4, -0.2) is 46.7 Å². The van der Waals surface area contributed by atoms with Gasteiger partial charge in [0.1, 0.15) is 16.8 Å². The Labute approximate surface area is 161 Å². The fourth-order valence-corrected chi connectivity index (χ4v) is 3.67. The Morgan fingerprint density at radius 1 is 1.26 bits per heavy atom. The number of aromatic nitrogens is 2. The van der Waals surface area contributed by atoms with E-state index in [1.807, 2.05) is 26.0 Å². The first-order valence-corrected chi connectivity index (χ1v) is 9.66. The third kappa shape index (κ3) is 4.36. The quantitative estimate of drug-likeness (QED) is 0.818. The minimum atomic E-state index is -0.536. The highest BCUT2D eigenvalue weighted by molar-refractivity contribution is 7.15. The SMILES string of the molecule is COc1ccccc1NC(=O)N1CCC[C@H]1C(=O)Nc1nnc(C(C)C)s1. The molecule has 0 spiro atoms. The number of urea groups is 1. The lowest BCUT2D eigenvalue weighted by atomic mass is 10.2. The second-order valence-corrected chi connectivity index (χ2v) is 7.58. The molecular weight excluding hydrogens is 366 g/mol. The van der Waals surface area contributed by atoms with Crippen LogP contribution in [0.15, 0.2) is 24.3 Å². The molecule has 2 N–H and O–H groups in total. The number of carbonyl (C=O) groups is 2. The van der Waals surface area contributed by atoms with Gasteiger partial charge in [0.25, 0.3) is 0 Å². The van der Waals surface area contributed by atoms with E-state index in [4.69, 9.17) is 4.74 Å². The number of anilines is 2. The van der Waals surface area contributed by atoms with Gasteiger partial charge in [0, 0.05) is 12.5 Å². The lowest BCUT2D eigenvalue weighted by molar-refractivity contribution is -0.119. The van der Waals surface area contributed by atoms with E-state index >= 15 is 0 Å². The second-order valence-electron chi connectivity index (χ2n) is 6.57. The fourth-order valence-electron chi connectivity index (χ4n) is 2.92. The number of nitrogens with zero attached hydrogens (tertiary/aromatic N) is 3. The summed E-state index contributed by atoms with van der Waals surface area (Å²) in [6.45, 7) is 4.56. The van der Waals surface area contributed by atoms with Crippen molar-refractivity contribution in [3.8, 4) is 5.75 Å². The highest BCUT2D eigenvalue weighted by atomic mass is 32.1. The number of hydrogen-bond acceptors (Lipinski definition) is 6. The minimum Gasteiger partial charge on any atom is -0.495 e. The largest absolute Gasteiger partial charge is 0.495 e. The van der Waals surface area contributed by atoms with E-state index in [-0.39, 0.29) is 17.9 Å². The van der Waals surface area contributed by atoms with Crippen LogP contribution in [0.5, 0.6) is 5.75 Å². The first kappa shape index (κ1) is 19.1. The fraction of sp³-hybridized carbons (Fsp3) is 0.444. The smallest absolute Gasteiger partial charge is 0.322 e. The summed E-state index contributed by atoms with van der Waals surface area (Å²) < 4.78 is 5.26. The predicted molar refractivity (Wildman–Crippen MR) is 104 cm³/mol. The van der Waals surface area contributed by atoms with Crippen molar-refractivity contribution >= 4 is 34.1 Å². The van der Waals surface area contributed by atoms with Crippen LogP contribution in [0.3, 0.4) is 0 Å². The standard InChI is InChI=1S/C18H23N5O3S/c1-11(2)16-21-22-17(27-16)20-15(24)13-8-6-10-23(13)18(25)19-12-7-4-5-9-14(12)26-3/h4-5,7,9,11,13H,6,8,10H2,1-3H3,(H,19,25)(H,20,22,24)/t13-/m0/s1. The topological polar surface area (TPSA) is 96.5 Å². The average Bonchev–Trinajstić information content (AvgIpc) is 3.31. The van der Waals surface area contributed by atoms with Gasteiger partial charge in [-0.15, -0.1) is 10.2 Å². The van der Waals surface area contributed by atoms with E-state index in [1.165, 1.54) is 11.3 Å². The Morgan fingerprint density at radius 3 is 2.74 bits per heavy atom. The van der Waals surface area contributed by atoms with Gasteiger partial charge in [-0.05, 0) is 25.0 Å². The molecule has 8 nitrogen and oxygen atoms in total. The van der Waals surface area contributed by atoms with Gasteiger partial charge < -0.3 is 15.0 Å². The Bertz CT molecular complexity index is 823. The second kappa shape index (κ2) is 8.34. The van der Waals surface area contributed by atoms with Crippen LogP contribution < -0.4 is 15.4 Å². The normalized spacial score (nSPS) is 16.4. The van der Waals surface area contributed by atoms with Gasteiger partial charge >= 0.3 is 6.03 Å². The molecule has 0 radical (unpaired) electrons. The highest BCUT2D eigenvalue weighted by Gasteiger charge is 2.35. The molecule has 27 heavy (non-hydrogen) atoms. The zero-order valence-corrected chi connectivity index (χ0v) is 16.4. The molecule has 1 saturated heterocycles. The summed E-state index contributed by atoms with van der Waals surface area (Å²) in [5.41, 5.74) is 0.571. The third-order valence-electron chi connectivity index (χ3n) is 4.33. The van der Waals surface area contributed by atoms with Crippen LogP contribution in [0.25, 0.3) is 0 Å². The third-order valence-corrected chi connectivity index (χ3v) is 5.47. The molecule has 0 bridgehead atoms. The Hall–Kier alpha value is -2.68. The Morgan fingerprint density at radius 2 is 2.04 bits per heavy atom. The van der Waals surface area contributed by atoms with Crippen molar-refractivity contribution in [2.45, 2.75) is 38.6 Å². The van der Waals surface area contributed by atoms with Gasteiger partial charge in [0.05, 0.1) is 12.8 Å². The number of rotatable bonds is 5. The molecule has 2 aromatic rings. The van der Waals surface area contributed by atoms with Crippen LogP contribution in [0.4, 0.5) is 15.6 Å². The van der Waals surface area contributed by atoms with E-state index in [0.717, 1.165) is 11.4 Å². The molecule has 9 heteroatoms. The molecule has 3 amide bonds. The predicted octanol–water partition coefficient (Wildman–Crippen LogP) is 3.31. The van der Waals surface area contributed by atoms with Gasteiger partial charge in [-0.1, -0.05) is 37.3 Å². The molecule has 0 aliphatic carbocycles. The molecular formula is C18H23N5O3S. The molecule has 0 saturated carbocycles. The number of amides is 3. The lowest BCUT2D eigenvalue weighted by Gasteiger charge is -2.24. The molecule has 3 rings (SSSR count). The van der Waals surface area contributed by atoms with Crippen molar-refractivity contribution < 1.29 is 14.3 Å². The lowest BCUT2D eigenvalue weighted by Crippen LogP contribution is -2.45. The van der Waals surface area contributed by atoms with E-state index in [1.54, 1.807) is 24.1 Å². The summed E-state index contributed by atoms with van der Waals surface area (Å²) in [5.74, 6) is 0.581. The van der Waals surface area contributed by atoms with Crippen molar-refractivity contribution in [2.75, 3.05) is 24.3 Å². The summed E-state index contributed by atoms with van der Waals surface area (Å²) in [4.78, 5) is 26.9. The van der Waals surface area contributed by atoms with Gasteiger partial charge in [-0.25, -0.2) is 4.79 Å². The number of ether oxygens (including phenoxy) is 1. The van der Waals surface area contributed by atoms with Crippen molar-refractivity contribution in [3.63, 3.8) is 0 Å². The van der Waals surface area contributed by atoms with Crippen LogP contribution >= 0.6 is 11.3 Å². The number of carbonyl (C=O) groups excluding carboxylic acids is 2. The number of methoxy groups -OCH3 is 1. The first-order valence-electron chi connectivity index (χ1n) is 8.84. The van der Waals surface area contributed by atoms with E-state index in [2.05, 4.69) is 20.8 Å². The number of hydrogen-bond donors (Lipinski definition) is 2. The number of para-hydroxylation sites is 2. The van der Waals surface area contributed by atoms with E-state index < -0.39 is 6.04 Å². The summed E-state index contributed by atoms with van der Waals surface area (Å²) in [6, 6.07) is 6.31. The first-order chi connectivity index (χ1) is 13.0. The van der Waals surface area contributed by atoms with Crippen molar-refractivity contribution in [1.29, 1.82) is 0 Å². The van der Waals surface area contributed by atoms with Crippen LogP contribution in [0, 0.1) is 0 Å². The number of benzene rings is 1. The molecule has 1 aliphatic heterocycles. The number of nitrogens with one attached hydrogen (secondary N) is 2. The molecule has 2 heterocycles. The van der Waals surface area contributed by atoms with Gasteiger partial charge in [-0.2, -0.15) is 0 Å². The van der Waals surface area contributed by atoms with Crippen molar-refractivity contribution in [3.05, 3.63) is 29.3 Å². The van der Waals surface area contributed by atoms with Gasteiger partial charge in [0.2, 0.25) is 11.0 Å². The summed E-state index contributed by atoms with van der Waals surface area (Å²) in [6.07, 6.45) is 1.38. The van der Waals surface area contributed by atoms with E-state index in [9.17, 15) is 9.59 Å². The Kier molecular flexibility index (Phi) is 5.90. The maximum absolute atomic E-state index is 12.7. The molecule has 1 aliphatic rings. The minimum absolute atomic E-state index is 0.242. The molecule has 0 unspecified atom stereocenters. The van der Waals surface area contributed by atoms with Gasteiger partial charge in [-0.3, -0.25) is 10.1 Å². The summed E-state index contributed by atoms with van der Waals surface area (Å²) in [7, 11) is 1.55. The summed E-state index contributed by atoms with van der Waals surface area (Å²) >= 11 is 1.36. The van der Waals surface area contributed by atoms with Crippen LogP contribution in [0.1, 0.15) is 37.6 Å². The monoisotopic (exact) mass is 389 g/mol. The maximum Gasteiger partial charge on any atom is 0.322 e. The molecule has 1 atom stereocenters. The van der Waals surface area contributed by atoms with Crippen molar-refractivity contribution in [2.24, 2.45) is 0 Å². The van der Waals surface area contributed by atoms with Gasteiger partial charge in [0.15, 0.2) is 0 Å². The van der Waals surface area contributed by atoms with Crippen molar-refractivity contribution in [1.82, 2.24) is 15.1 Å².